The number of nitrogens with two attached hydrogens (primary N) is 1. The van der Waals surface area contributed by atoms with Gasteiger partial charge in [-0.15, -0.1) is 0 Å². The topological polar surface area (TPSA) is 90.4 Å². The molecule has 0 aliphatic carbocycles. The van der Waals surface area contributed by atoms with Crippen LogP contribution in [0.5, 0.6) is 0 Å². The second-order valence-corrected chi connectivity index (χ2v) is 4.74. The molecule has 0 bridgehead atoms. The highest BCUT2D eigenvalue weighted by Crippen LogP contribution is 2.38. The van der Waals surface area contributed by atoms with Gasteiger partial charge in [0.1, 0.15) is 12.0 Å². The Kier molecular flexibility index (Phi) is 3.68. The minimum Gasteiger partial charge on any atom is -0.393 e. The molecule has 6 nitrogen and oxygen atoms in total. The van der Waals surface area contributed by atoms with Crippen LogP contribution in [0.25, 0.3) is 0 Å². The van der Waals surface area contributed by atoms with E-state index in [9.17, 15) is 9.90 Å². The Bertz CT molecular complexity index is 474. The quantitative estimate of drug-likeness (QED) is 0.823. The van der Waals surface area contributed by atoms with Crippen molar-refractivity contribution in [2.24, 2.45) is 0 Å². The van der Waals surface area contributed by atoms with Gasteiger partial charge in [0.15, 0.2) is 0 Å². The van der Waals surface area contributed by atoms with Crippen molar-refractivity contribution in [3.8, 4) is 0 Å². The van der Waals surface area contributed by atoms with Gasteiger partial charge in [0.25, 0.3) is 0 Å². The number of anilines is 1. The number of nitrogen functional groups attached to an aromatic ring is 1. The number of hydrogen-bond acceptors (Lipinski definition) is 5. The molecule has 3 N–H and O–H groups in total. The van der Waals surface area contributed by atoms with Gasteiger partial charge in [-0.25, -0.2) is 4.79 Å². The van der Waals surface area contributed by atoms with Gasteiger partial charge in [0.05, 0.1) is 12.2 Å². The lowest BCUT2D eigenvalue weighted by molar-refractivity contribution is -0.104. The molecule has 100 valence electrons. The Morgan fingerprint density at radius 3 is 3.11 bits per heavy atom. The molecular weight excluding hydrogens is 234 g/mol. The number of rotatable bonds is 4. The lowest BCUT2D eigenvalue weighted by Gasteiger charge is -2.27. The van der Waals surface area contributed by atoms with E-state index in [0.717, 1.165) is 19.3 Å². The zero-order chi connectivity index (χ0) is 13.2. The van der Waals surface area contributed by atoms with Crippen LogP contribution in [0, 0.1) is 0 Å². The number of hydrogen-bond donors (Lipinski definition) is 2. The minimum atomic E-state index is -0.514. The number of aliphatic hydroxyl groups is 1. The SMILES string of the molecule is CCCC1(CO)CCC(n2ccc(N)nc2=O)O1. The number of nitrogens with zero attached hydrogens (tertiary/aromatic N) is 2. The van der Waals surface area contributed by atoms with E-state index in [2.05, 4.69) is 4.98 Å². The fourth-order valence-electron chi connectivity index (χ4n) is 2.47. The molecule has 2 atom stereocenters. The molecule has 1 saturated heterocycles. The summed E-state index contributed by atoms with van der Waals surface area (Å²) in [6.07, 6.45) is 4.41. The van der Waals surface area contributed by atoms with Crippen molar-refractivity contribution in [1.82, 2.24) is 9.55 Å². The fourth-order valence-corrected chi connectivity index (χ4v) is 2.47. The molecule has 0 saturated carbocycles. The second kappa shape index (κ2) is 5.07. The second-order valence-electron chi connectivity index (χ2n) is 4.74. The van der Waals surface area contributed by atoms with Crippen LogP contribution in [-0.4, -0.2) is 26.9 Å². The largest absolute Gasteiger partial charge is 0.393 e. The third kappa shape index (κ3) is 2.39. The molecule has 2 unspecified atom stereocenters. The molecule has 1 aliphatic heterocycles. The van der Waals surface area contributed by atoms with Crippen LogP contribution < -0.4 is 11.4 Å². The Labute approximate surface area is 105 Å². The zero-order valence-electron chi connectivity index (χ0n) is 10.5. The smallest absolute Gasteiger partial charge is 0.351 e. The minimum absolute atomic E-state index is 0.0194. The van der Waals surface area contributed by atoms with Crippen LogP contribution in [0.1, 0.15) is 38.8 Å². The summed E-state index contributed by atoms with van der Waals surface area (Å²) < 4.78 is 7.31. The first-order valence-corrected chi connectivity index (χ1v) is 6.23. The lowest BCUT2D eigenvalue weighted by atomic mass is 9.96. The fraction of sp³-hybridized carbons (Fsp3) is 0.667. The van der Waals surface area contributed by atoms with Crippen molar-refractivity contribution >= 4 is 5.82 Å². The molecule has 2 heterocycles. The molecule has 6 heteroatoms. The van der Waals surface area contributed by atoms with Crippen molar-refractivity contribution in [1.29, 1.82) is 0 Å². The van der Waals surface area contributed by atoms with E-state index in [0.29, 0.717) is 6.42 Å². The van der Waals surface area contributed by atoms with Crippen molar-refractivity contribution in [2.75, 3.05) is 12.3 Å². The van der Waals surface area contributed by atoms with Crippen LogP contribution in [0.4, 0.5) is 5.82 Å². The van der Waals surface area contributed by atoms with E-state index < -0.39 is 11.3 Å². The predicted molar refractivity (Wildman–Crippen MR) is 67.0 cm³/mol. The van der Waals surface area contributed by atoms with Crippen molar-refractivity contribution < 1.29 is 9.84 Å². The normalized spacial score (nSPS) is 27.6. The molecule has 0 spiro atoms. The average Bonchev–Trinajstić information content (AvgIpc) is 2.74. The summed E-state index contributed by atoms with van der Waals surface area (Å²) in [4.78, 5) is 15.4. The molecule has 0 aromatic carbocycles. The maximum absolute atomic E-state index is 11.7. The molecule has 1 aromatic rings. The summed E-state index contributed by atoms with van der Waals surface area (Å²) in [7, 11) is 0. The predicted octanol–water partition coefficient (Wildman–Crippen LogP) is 0.666. The summed E-state index contributed by atoms with van der Waals surface area (Å²) in [5, 5.41) is 9.48. The van der Waals surface area contributed by atoms with Gasteiger partial charge >= 0.3 is 5.69 Å². The Balaban J connectivity index is 2.19. The molecule has 0 radical (unpaired) electrons. The van der Waals surface area contributed by atoms with Crippen molar-refractivity contribution in [3.05, 3.63) is 22.7 Å². The van der Waals surface area contributed by atoms with Crippen LogP contribution in [0.3, 0.4) is 0 Å². The first kappa shape index (κ1) is 13.0. The summed E-state index contributed by atoms with van der Waals surface area (Å²) in [6.45, 7) is 2.03. The van der Waals surface area contributed by atoms with E-state index >= 15 is 0 Å². The summed E-state index contributed by atoms with van der Waals surface area (Å²) in [6, 6.07) is 1.57. The van der Waals surface area contributed by atoms with Gasteiger partial charge in [0, 0.05) is 6.20 Å². The maximum atomic E-state index is 11.7. The van der Waals surface area contributed by atoms with Gasteiger partial charge in [-0.3, -0.25) is 4.57 Å². The molecule has 1 aliphatic rings. The molecule has 1 aromatic heterocycles. The highest BCUT2D eigenvalue weighted by Gasteiger charge is 2.40. The van der Waals surface area contributed by atoms with Crippen molar-refractivity contribution in [2.45, 2.75) is 44.4 Å². The van der Waals surface area contributed by atoms with Crippen LogP contribution in [0.2, 0.25) is 0 Å². The van der Waals surface area contributed by atoms with Gasteiger partial charge in [-0.05, 0) is 25.3 Å². The highest BCUT2D eigenvalue weighted by atomic mass is 16.5. The Hall–Kier alpha value is -1.40. The number of ether oxygens (including phenoxy) is 1. The maximum Gasteiger partial charge on any atom is 0.351 e. The summed E-state index contributed by atoms with van der Waals surface area (Å²) in [5.74, 6) is 0.205. The molecule has 2 rings (SSSR count). The van der Waals surface area contributed by atoms with E-state index in [1.54, 1.807) is 12.3 Å². The van der Waals surface area contributed by atoms with Crippen LogP contribution in [-0.2, 0) is 4.74 Å². The zero-order valence-corrected chi connectivity index (χ0v) is 10.5. The highest BCUT2D eigenvalue weighted by molar-refractivity contribution is 5.23. The van der Waals surface area contributed by atoms with Crippen molar-refractivity contribution in [3.63, 3.8) is 0 Å². The average molecular weight is 253 g/mol. The first-order chi connectivity index (χ1) is 8.60. The summed E-state index contributed by atoms with van der Waals surface area (Å²) >= 11 is 0. The Morgan fingerprint density at radius 1 is 1.72 bits per heavy atom. The van der Waals surface area contributed by atoms with Gasteiger partial charge in [-0.2, -0.15) is 4.98 Å². The third-order valence-corrected chi connectivity index (χ3v) is 3.39. The standard InChI is InChI=1S/C12H19N3O3/c1-2-5-12(8-16)6-3-10(18-12)15-7-4-9(13)14-11(15)17/h4,7,10,16H,2-3,5-6,8H2,1H3,(H2,13,14,17). The number of aromatic nitrogens is 2. The Morgan fingerprint density at radius 2 is 2.50 bits per heavy atom. The third-order valence-electron chi connectivity index (χ3n) is 3.39. The van der Waals surface area contributed by atoms with Crippen LogP contribution >= 0.6 is 0 Å². The lowest BCUT2D eigenvalue weighted by Crippen LogP contribution is -2.34. The summed E-state index contributed by atoms with van der Waals surface area (Å²) in [5.41, 5.74) is 4.52. The van der Waals surface area contributed by atoms with Crippen LogP contribution in [0.15, 0.2) is 17.1 Å². The molecule has 18 heavy (non-hydrogen) atoms. The molecule has 0 amide bonds. The van der Waals surface area contributed by atoms with E-state index in [1.807, 2.05) is 6.92 Å². The van der Waals surface area contributed by atoms with E-state index in [4.69, 9.17) is 10.5 Å². The van der Waals surface area contributed by atoms with Gasteiger partial charge in [-0.1, -0.05) is 13.3 Å². The molecular formula is C12H19N3O3. The van der Waals surface area contributed by atoms with E-state index in [-0.39, 0.29) is 18.7 Å². The van der Waals surface area contributed by atoms with Gasteiger partial charge < -0.3 is 15.6 Å². The monoisotopic (exact) mass is 253 g/mol. The number of aliphatic hydroxyl groups excluding tert-OH is 1. The van der Waals surface area contributed by atoms with E-state index in [1.165, 1.54) is 4.57 Å². The molecule has 1 fully saturated rings. The van der Waals surface area contributed by atoms with Gasteiger partial charge in [0.2, 0.25) is 0 Å². The first-order valence-electron chi connectivity index (χ1n) is 6.23.